The second kappa shape index (κ2) is 11.0. The molecule has 164 valence electrons. The number of hydrogen-bond donors (Lipinski definition) is 2. The molecule has 1 unspecified atom stereocenters. The maximum absolute atomic E-state index is 11.3. The molecule has 2 rings (SSSR count). The van der Waals surface area contributed by atoms with Gasteiger partial charge in [-0.05, 0) is 62.1 Å². The summed E-state index contributed by atoms with van der Waals surface area (Å²) in [5, 5.41) is 12.6. The number of aryl methyl sites for hydroxylation is 1. The molecule has 0 bridgehead atoms. The zero-order chi connectivity index (χ0) is 22.1. The molecule has 0 spiro atoms. The Kier molecular flexibility index (Phi) is 8.68. The number of carboxylic acids is 1. The van der Waals surface area contributed by atoms with Crippen molar-refractivity contribution in [2.45, 2.75) is 45.3 Å². The molecule has 2 aromatic rings. The molecule has 30 heavy (non-hydrogen) atoms. The molecule has 0 aliphatic heterocycles. The Morgan fingerprint density at radius 3 is 2.17 bits per heavy atom. The number of rotatable bonds is 12. The van der Waals surface area contributed by atoms with E-state index in [0.29, 0.717) is 12.2 Å². The van der Waals surface area contributed by atoms with Crippen molar-refractivity contribution in [3.63, 3.8) is 0 Å². The Balaban J connectivity index is 1.77. The SMILES string of the molecule is CC(C)OC(Cc1ccc(NCCCc2ccc(OS(C)(=O)=O)cc2)cc1)C(=O)O. The third-order valence-corrected chi connectivity index (χ3v) is 4.72. The molecule has 0 saturated carbocycles. The summed E-state index contributed by atoms with van der Waals surface area (Å²) in [6, 6.07) is 14.7. The van der Waals surface area contributed by atoms with Gasteiger partial charge in [0.2, 0.25) is 0 Å². The van der Waals surface area contributed by atoms with Crippen LogP contribution in [-0.2, 0) is 32.5 Å². The summed E-state index contributed by atoms with van der Waals surface area (Å²) in [5.41, 5.74) is 2.97. The summed E-state index contributed by atoms with van der Waals surface area (Å²) in [6.07, 6.45) is 2.10. The predicted octanol–water partition coefficient (Wildman–Crippen LogP) is 3.49. The first-order chi connectivity index (χ1) is 14.1. The zero-order valence-electron chi connectivity index (χ0n) is 17.5. The summed E-state index contributed by atoms with van der Waals surface area (Å²) in [4.78, 5) is 11.3. The van der Waals surface area contributed by atoms with E-state index in [-0.39, 0.29) is 6.10 Å². The van der Waals surface area contributed by atoms with E-state index >= 15 is 0 Å². The van der Waals surface area contributed by atoms with Crippen LogP contribution in [0.25, 0.3) is 0 Å². The highest BCUT2D eigenvalue weighted by Gasteiger charge is 2.19. The Morgan fingerprint density at radius 2 is 1.63 bits per heavy atom. The van der Waals surface area contributed by atoms with Crippen LogP contribution in [0.4, 0.5) is 5.69 Å². The number of nitrogens with one attached hydrogen (secondary N) is 1. The van der Waals surface area contributed by atoms with Crippen LogP contribution >= 0.6 is 0 Å². The molecule has 1 atom stereocenters. The van der Waals surface area contributed by atoms with E-state index in [9.17, 15) is 18.3 Å². The van der Waals surface area contributed by atoms with Crippen molar-refractivity contribution in [3.8, 4) is 5.75 Å². The Morgan fingerprint density at radius 1 is 1.03 bits per heavy atom. The van der Waals surface area contributed by atoms with Crippen LogP contribution in [0, 0.1) is 0 Å². The number of carboxylic acid groups (broad SMARTS) is 1. The molecular formula is C22H29NO6S. The summed E-state index contributed by atoms with van der Waals surface area (Å²) in [7, 11) is -3.51. The van der Waals surface area contributed by atoms with Crippen molar-refractivity contribution < 1.29 is 27.2 Å². The molecule has 0 aliphatic carbocycles. The fraction of sp³-hybridized carbons (Fsp3) is 0.409. The third kappa shape index (κ3) is 8.84. The third-order valence-electron chi connectivity index (χ3n) is 4.23. The zero-order valence-corrected chi connectivity index (χ0v) is 18.3. The first kappa shape index (κ1) is 23.7. The molecule has 2 N–H and O–H groups in total. The van der Waals surface area contributed by atoms with Crippen molar-refractivity contribution in [1.82, 2.24) is 0 Å². The Bertz CT molecular complexity index is 908. The van der Waals surface area contributed by atoms with Crippen molar-refractivity contribution in [2.75, 3.05) is 18.1 Å². The van der Waals surface area contributed by atoms with Crippen molar-refractivity contribution in [3.05, 3.63) is 59.7 Å². The van der Waals surface area contributed by atoms with Crippen LogP contribution in [-0.4, -0.2) is 44.5 Å². The molecule has 2 aromatic carbocycles. The van der Waals surface area contributed by atoms with Gasteiger partial charge in [0.25, 0.3) is 0 Å². The predicted molar refractivity (Wildman–Crippen MR) is 117 cm³/mol. The van der Waals surface area contributed by atoms with Crippen molar-refractivity contribution in [1.29, 1.82) is 0 Å². The van der Waals surface area contributed by atoms with Gasteiger partial charge in [0.15, 0.2) is 6.10 Å². The summed E-state index contributed by atoms with van der Waals surface area (Å²) >= 11 is 0. The average molecular weight is 436 g/mol. The Labute approximate surface area is 178 Å². The number of ether oxygens (including phenoxy) is 1. The maximum atomic E-state index is 11.3. The average Bonchev–Trinajstić information content (AvgIpc) is 2.65. The van der Waals surface area contributed by atoms with E-state index in [0.717, 1.165) is 42.5 Å². The molecule has 7 nitrogen and oxygen atoms in total. The number of aliphatic carboxylic acids is 1. The van der Waals surface area contributed by atoms with Gasteiger partial charge in [-0.3, -0.25) is 0 Å². The van der Waals surface area contributed by atoms with E-state index in [1.165, 1.54) is 0 Å². The minimum atomic E-state index is -3.51. The molecule has 8 heteroatoms. The Hall–Kier alpha value is -2.58. The van der Waals surface area contributed by atoms with E-state index in [1.54, 1.807) is 12.1 Å². The van der Waals surface area contributed by atoms with Crippen LogP contribution in [0.15, 0.2) is 48.5 Å². The lowest BCUT2D eigenvalue weighted by Crippen LogP contribution is -2.29. The molecule has 0 radical (unpaired) electrons. The van der Waals surface area contributed by atoms with Gasteiger partial charge < -0.3 is 19.3 Å². The van der Waals surface area contributed by atoms with Crippen molar-refractivity contribution in [2.24, 2.45) is 0 Å². The highest BCUT2D eigenvalue weighted by atomic mass is 32.2. The van der Waals surface area contributed by atoms with E-state index < -0.39 is 22.2 Å². The number of benzene rings is 2. The molecule has 0 fully saturated rings. The number of hydrogen-bond acceptors (Lipinski definition) is 6. The van der Waals surface area contributed by atoms with Gasteiger partial charge in [-0.2, -0.15) is 8.42 Å². The lowest BCUT2D eigenvalue weighted by Gasteiger charge is -2.16. The van der Waals surface area contributed by atoms with Gasteiger partial charge in [-0.1, -0.05) is 24.3 Å². The van der Waals surface area contributed by atoms with Gasteiger partial charge in [-0.25, -0.2) is 4.79 Å². The monoisotopic (exact) mass is 435 g/mol. The molecule has 0 aromatic heterocycles. The second-order valence-electron chi connectivity index (χ2n) is 7.37. The van der Waals surface area contributed by atoms with Crippen molar-refractivity contribution >= 4 is 21.8 Å². The molecule has 0 aliphatic rings. The minimum absolute atomic E-state index is 0.143. The molecule has 0 heterocycles. The number of anilines is 1. The van der Waals surface area contributed by atoms with Crippen LogP contribution in [0.5, 0.6) is 5.75 Å². The summed E-state index contributed by atoms with van der Waals surface area (Å²) in [5.74, 6) is -0.648. The topological polar surface area (TPSA) is 102 Å². The molecule has 0 saturated heterocycles. The summed E-state index contributed by atoms with van der Waals surface area (Å²) in [6.45, 7) is 4.41. The largest absolute Gasteiger partial charge is 0.479 e. The summed E-state index contributed by atoms with van der Waals surface area (Å²) < 4.78 is 32.5. The lowest BCUT2D eigenvalue weighted by atomic mass is 10.1. The van der Waals surface area contributed by atoms with Crippen LogP contribution in [0.3, 0.4) is 0 Å². The smallest absolute Gasteiger partial charge is 0.333 e. The van der Waals surface area contributed by atoms with Crippen LogP contribution in [0.2, 0.25) is 0 Å². The highest BCUT2D eigenvalue weighted by Crippen LogP contribution is 2.16. The first-order valence-electron chi connectivity index (χ1n) is 9.82. The quantitative estimate of drug-likeness (QED) is 0.389. The second-order valence-corrected chi connectivity index (χ2v) is 8.95. The van der Waals surface area contributed by atoms with E-state index in [2.05, 4.69) is 5.32 Å². The molecular weight excluding hydrogens is 406 g/mol. The first-order valence-corrected chi connectivity index (χ1v) is 11.6. The highest BCUT2D eigenvalue weighted by molar-refractivity contribution is 7.86. The maximum Gasteiger partial charge on any atom is 0.333 e. The van der Waals surface area contributed by atoms with Gasteiger partial charge in [0.05, 0.1) is 12.4 Å². The van der Waals surface area contributed by atoms with E-state index in [4.69, 9.17) is 8.92 Å². The van der Waals surface area contributed by atoms with Gasteiger partial charge in [0, 0.05) is 18.7 Å². The normalized spacial score (nSPS) is 12.5. The fourth-order valence-electron chi connectivity index (χ4n) is 2.91. The van der Waals surface area contributed by atoms with Gasteiger partial charge in [0.1, 0.15) is 5.75 Å². The number of carbonyl (C=O) groups is 1. The van der Waals surface area contributed by atoms with E-state index in [1.807, 2.05) is 50.2 Å². The standard InChI is InChI=1S/C22H29NO6S/c1-16(2)28-21(22(24)25)15-18-6-10-19(11-7-18)23-14-4-5-17-8-12-20(13-9-17)29-30(3,26)27/h6-13,16,21,23H,4-5,14-15H2,1-3H3,(H,24,25). The lowest BCUT2D eigenvalue weighted by molar-refractivity contribution is -0.153. The van der Waals surface area contributed by atoms with Gasteiger partial charge in [-0.15, -0.1) is 0 Å². The van der Waals surface area contributed by atoms with Crippen LogP contribution in [0.1, 0.15) is 31.4 Å². The molecule has 0 amide bonds. The van der Waals surface area contributed by atoms with Gasteiger partial charge >= 0.3 is 16.1 Å². The van der Waals surface area contributed by atoms with Crippen LogP contribution < -0.4 is 9.50 Å². The minimum Gasteiger partial charge on any atom is -0.479 e. The fourth-order valence-corrected chi connectivity index (χ4v) is 3.37.